The second kappa shape index (κ2) is 14.7. The highest BCUT2D eigenvalue weighted by Gasteiger charge is 2.27. The highest BCUT2D eigenvalue weighted by atomic mass is 16.5. The molecule has 2 aromatic carbocycles. The number of amides is 2. The van der Waals surface area contributed by atoms with Crippen molar-refractivity contribution in [1.29, 1.82) is 0 Å². The molecule has 0 N–H and O–H groups in total. The highest BCUT2D eigenvalue weighted by Crippen LogP contribution is 2.18. The number of hydrogen-bond donors (Lipinski definition) is 0. The van der Waals surface area contributed by atoms with Crippen molar-refractivity contribution in [2.45, 2.75) is 78.0 Å². The Hall–Kier alpha value is -3.38. The van der Waals surface area contributed by atoms with Crippen LogP contribution in [-0.4, -0.2) is 47.4 Å². The fourth-order valence-electron chi connectivity index (χ4n) is 5.06. The average Bonchev–Trinajstić information content (AvgIpc) is 3.62. The summed E-state index contributed by atoms with van der Waals surface area (Å²) >= 11 is 0. The summed E-state index contributed by atoms with van der Waals surface area (Å²) in [5.41, 5.74) is 2.88. The number of unbranched alkanes of at least 4 members (excludes halogenated alkanes) is 3. The van der Waals surface area contributed by atoms with Gasteiger partial charge in [0.05, 0.1) is 12.6 Å². The molecule has 1 saturated heterocycles. The Labute approximate surface area is 232 Å². The van der Waals surface area contributed by atoms with Crippen molar-refractivity contribution in [3.05, 3.63) is 94.9 Å². The summed E-state index contributed by atoms with van der Waals surface area (Å²) in [6.07, 6.45) is 7.71. The minimum absolute atomic E-state index is 0.00993. The Bertz CT molecular complexity index is 1170. The van der Waals surface area contributed by atoms with Crippen LogP contribution in [0.5, 0.6) is 0 Å². The number of benzene rings is 2. The number of hydrogen-bond acceptors (Lipinski definition) is 4. The predicted octanol–water partition coefficient (Wildman–Crippen LogP) is 6.56. The van der Waals surface area contributed by atoms with E-state index < -0.39 is 0 Å². The molecule has 208 valence electrons. The zero-order chi connectivity index (χ0) is 27.5. The van der Waals surface area contributed by atoms with Crippen molar-refractivity contribution in [1.82, 2.24) is 9.80 Å². The van der Waals surface area contributed by atoms with E-state index in [0.29, 0.717) is 31.8 Å². The number of ether oxygens (including phenoxy) is 1. The van der Waals surface area contributed by atoms with Crippen LogP contribution >= 0.6 is 0 Å². The molecule has 39 heavy (non-hydrogen) atoms. The standard InChI is InChI=1S/C33H42N2O4/c1-3-4-5-7-11-27-16-18-29(19-17-27)33(37)35(23-30-14-10-21-38-30)25-32(36)34(22-28-12-8-6-9-13-28)24-31-20-15-26(2)39-31/h6,8-9,12-13,15-20,30H,3-5,7,10-11,14,21-25H2,1-2H3/t30-/m0/s1. The molecule has 0 aliphatic carbocycles. The van der Waals surface area contributed by atoms with Gasteiger partial charge in [0.2, 0.25) is 5.91 Å². The van der Waals surface area contributed by atoms with Crippen LogP contribution in [0.3, 0.4) is 0 Å². The molecule has 4 rings (SSSR count). The van der Waals surface area contributed by atoms with E-state index in [1.54, 1.807) is 9.80 Å². The number of carbonyl (C=O) groups is 2. The summed E-state index contributed by atoms with van der Waals surface area (Å²) in [7, 11) is 0. The van der Waals surface area contributed by atoms with E-state index in [1.165, 1.54) is 24.8 Å². The van der Waals surface area contributed by atoms with Crippen LogP contribution in [-0.2, 0) is 29.0 Å². The second-order valence-electron chi connectivity index (χ2n) is 10.6. The minimum atomic E-state index is -0.134. The van der Waals surface area contributed by atoms with Gasteiger partial charge in [-0.25, -0.2) is 0 Å². The maximum atomic E-state index is 13.8. The molecule has 3 aromatic rings. The Kier molecular flexibility index (Phi) is 10.8. The lowest BCUT2D eigenvalue weighted by Gasteiger charge is -2.29. The van der Waals surface area contributed by atoms with Crippen LogP contribution in [0, 0.1) is 6.92 Å². The van der Waals surface area contributed by atoms with Gasteiger partial charge in [-0.05, 0) is 68.0 Å². The summed E-state index contributed by atoms with van der Waals surface area (Å²) in [5.74, 6) is 1.28. The topological polar surface area (TPSA) is 63.0 Å². The first-order valence-corrected chi connectivity index (χ1v) is 14.4. The highest BCUT2D eigenvalue weighted by molar-refractivity contribution is 5.96. The van der Waals surface area contributed by atoms with E-state index in [1.807, 2.05) is 73.7 Å². The third-order valence-electron chi connectivity index (χ3n) is 7.29. The van der Waals surface area contributed by atoms with E-state index >= 15 is 0 Å². The molecule has 1 aliphatic heterocycles. The maximum absolute atomic E-state index is 13.8. The molecule has 1 aliphatic rings. The average molecular weight is 531 g/mol. The van der Waals surface area contributed by atoms with Gasteiger partial charge in [-0.15, -0.1) is 0 Å². The van der Waals surface area contributed by atoms with E-state index in [2.05, 4.69) is 6.92 Å². The number of aryl methyl sites for hydroxylation is 2. The fourth-order valence-corrected chi connectivity index (χ4v) is 5.06. The zero-order valence-electron chi connectivity index (χ0n) is 23.4. The Morgan fingerprint density at radius 2 is 1.67 bits per heavy atom. The van der Waals surface area contributed by atoms with Crippen molar-refractivity contribution < 1.29 is 18.7 Å². The van der Waals surface area contributed by atoms with E-state index in [9.17, 15) is 9.59 Å². The summed E-state index contributed by atoms with van der Waals surface area (Å²) < 4.78 is 11.6. The molecule has 1 fully saturated rings. The molecule has 0 radical (unpaired) electrons. The zero-order valence-corrected chi connectivity index (χ0v) is 23.4. The van der Waals surface area contributed by atoms with Crippen LogP contribution in [0.1, 0.15) is 78.5 Å². The van der Waals surface area contributed by atoms with Gasteiger partial charge < -0.3 is 19.0 Å². The smallest absolute Gasteiger partial charge is 0.254 e. The maximum Gasteiger partial charge on any atom is 0.254 e. The minimum Gasteiger partial charge on any atom is -0.464 e. The third-order valence-corrected chi connectivity index (χ3v) is 7.29. The molecule has 0 bridgehead atoms. The first kappa shape index (κ1) is 28.6. The van der Waals surface area contributed by atoms with Gasteiger partial charge in [-0.2, -0.15) is 0 Å². The van der Waals surface area contributed by atoms with E-state index in [4.69, 9.17) is 9.15 Å². The Morgan fingerprint density at radius 3 is 2.33 bits per heavy atom. The Balaban J connectivity index is 1.48. The number of nitrogens with zero attached hydrogens (tertiary/aromatic N) is 2. The van der Waals surface area contributed by atoms with Crippen LogP contribution in [0.25, 0.3) is 0 Å². The lowest BCUT2D eigenvalue weighted by molar-refractivity contribution is -0.133. The summed E-state index contributed by atoms with van der Waals surface area (Å²) in [5, 5.41) is 0. The third kappa shape index (κ3) is 8.82. The van der Waals surface area contributed by atoms with E-state index in [-0.39, 0.29) is 24.5 Å². The molecule has 0 unspecified atom stereocenters. The van der Waals surface area contributed by atoms with Gasteiger partial charge in [0, 0.05) is 25.3 Å². The van der Waals surface area contributed by atoms with Gasteiger partial charge in [0.1, 0.15) is 18.1 Å². The van der Waals surface area contributed by atoms with Crippen molar-refractivity contribution in [2.75, 3.05) is 19.7 Å². The van der Waals surface area contributed by atoms with Gasteiger partial charge in [-0.1, -0.05) is 68.7 Å². The number of furan rings is 1. The van der Waals surface area contributed by atoms with Crippen LogP contribution in [0.15, 0.2) is 71.1 Å². The summed E-state index contributed by atoms with van der Waals surface area (Å²) in [6, 6.07) is 21.6. The van der Waals surface area contributed by atoms with E-state index in [0.717, 1.165) is 42.8 Å². The van der Waals surface area contributed by atoms with Crippen molar-refractivity contribution in [2.24, 2.45) is 0 Å². The van der Waals surface area contributed by atoms with Crippen LogP contribution in [0.4, 0.5) is 0 Å². The second-order valence-corrected chi connectivity index (χ2v) is 10.6. The van der Waals surface area contributed by atoms with Crippen molar-refractivity contribution in [3.63, 3.8) is 0 Å². The SMILES string of the molecule is CCCCCCc1ccc(C(=O)N(CC(=O)N(Cc2ccccc2)Cc2ccc(C)o2)C[C@@H]2CCCO2)cc1. The van der Waals surface area contributed by atoms with Crippen LogP contribution < -0.4 is 0 Å². The molecule has 2 amide bonds. The largest absolute Gasteiger partial charge is 0.464 e. The predicted molar refractivity (Wildman–Crippen MR) is 153 cm³/mol. The van der Waals surface area contributed by atoms with Gasteiger partial charge in [-0.3, -0.25) is 9.59 Å². The molecule has 1 atom stereocenters. The molecular weight excluding hydrogens is 488 g/mol. The number of carbonyl (C=O) groups excluding carboxylic acids is 2. The monoisotopic (exact) mass is 530 g/mol. The normalized spacial score (nSPS) is 14.9. The summed E-state index contributed by atoms with van der Waals surface area (Å²) in [6.45, 7) is 5.99. The van der Waals surface area contributed by atoms with Gasteiger partial charge in [0.25, 0.3) is 5.91 Å². The first-order valence-electron chi connectivity index (χ1n) is 14.4. The Morgan fingerprint density at radius 1 is 0.872 bits per heavy atom. The number of rotatable bonds is 14. The van der Waals surface area contributed by atoms with Crippen molar-refractivity contribution in [3.8, 4) is 0 Å². The molecule has 2 heterocycles. The molecule has 6 heteroatoms. The molecular formula is C33H42N2O4. The molecule has 1 aromatic heterocycles. The molecule has 0 saturated carbocycles. The molecule has 0 spiro atoms. The first-order chi connectivity index (χ1) is 19.0. The summed E-state index contributed by atoms with van der Waals surface area (Å²) in [4.78, 5) is 30.9. The fraction of sp³-hybridized carbons (Fsp3) is 0.455. The van der Waals surface area contributed by atoms with Crippen molar-refractivity contribution >= 4 is 11.8 Å². The van der Waals surface area contributed by atoms with Gasteiger partial charge in [0.15, 0.2) is 0 Å². The quantitative estimate of drug-likeness (QED) is 0.221. The lowest BCUT2D eigenvalue weighted by Crippen LogP contribution is -2.45. The molecule has 6 nitrogen and oxygen atoms in total. The van der Waals surface area contributed by atoms with Crippen LogP contribution in [0.2, 0.25) is 0 Å². The lowest BCUT2D eigenvalue weighted by atomic mass is 10.0. The van der Waals surface area contributed by atoms with Gasteiger partial charge >= 0.3 is 0 Å².